The second-order valence-corrected chi connectivity index (χ2v) is 5.24. The van der Waals surface area contributed by atoms with Crippen molar-refractivity contribution < 1.29 is 0 Å². The van der Waals surface area contributed by atoms with Crippen LogP contribution in [0.5, 0.6) is 0 Å². The Balaban J connectivity index is 2.00. The molecule has 1 aromatic heterocycles. The van der Waals surface area contributed by atoms with Gasteiger partial charge in [-0.05, 0) is 45.4 Å². The molecule has 0 radical (unpaired) electrons. The lowest BCUT2D eigenvalue weighted by Crippen LogP contribution is -2.32. The molecule has 1 aliphatic rings. The summed E-state index contributed by atoms with van der Waals surface area (Å²) in [6.07, 6.45) is 7.33. The SMILES string of the molecule is CCNc1ccnc(CN2CCCCCC2C)c1. The van der Waals surface area contributed by atoms with Gasteiger partial charge >= 0.3 is 0 Å². The van der Waals surface area contributed by atoms with E-state index in [2.05, 4.69) is 35.1 Å². The molecule has 0 bridgehead atoms. The van der Waals surface area contributed by atoms with Gasteiger partial charge in [-0.1, -0.05) is 12.8 Å². The molecule has 2 heterocycles. The highest BCUT2D eigenvalue weighted by molar-refractivity contribution is 5.42. The zero-order valence-electron chi connectivity index (χ0n) is 11.7. The van der Waals surface area contributed by atoms with Crippen molar-refractivity contribution in [1.29, 1.82) is 0 Å². The van der Waals surface area contributed by atoms with Crippen LogP contribution >= 0.6 is 0 Å². The quantitative estimate of drug-likeness (QED) is 0.885. The molecule has 1 N–H and O–H groups in total. The van der Waals surface area contributed by atoms with E-state index in [1.54, 1.807) is 0 Å². The highest BCUT2D eigenvalue weighted by Gasteiger charge is 2.17. The van der Waals surface area contributed by atoms with Crippen LogP contribution in [-0.4, -0.2) is 29.0 Å². The van der Waals surface area contributed by atoms with Crippen LogP contribution in [0.2, 0.25) is 0 Å². The lowest BCUT2D eigenvalue weighted by molar-refractivity contribution is 0.202. The molecule has 0 aromatic carbocycles. The van der Waals surface area contributed by atoms with E-state index in [0.717, 1.165) is 13.1 Å². The molecule has 3 heteroatoms. The Hall–Kier alpha value is -1.09. The molecule has 0 spiro atoms. The van der Waals surface area contributed by atoms with Crippen molar-refractivity contribution in [3.05, 3.63) is 24.0 Å². The van der Waals surface area contributed by atoms with Crippen LogP contribution < -0.4 is 5.32 Å². The third-order valence-corrected chi connectivity index (χ3v) is 3.75. The van der Waals surface area contributed by atoms with Crippen LogP contribution in [0.25, 0.3) is 0 Å². The van der Waals surface area contributed by atoms with Crippen molar-refractivity contribution in [2.75, 3.05) is 18.4 Å². The summed E-state index contributed by atoms with van der Waals surface area (Å²) in [6, 6.07) is 4.91. The smallest absolute Gasteiger partial charge is 0.0564 e. The van der Waals surface area contributed by atoms with Gasteiger partial charge in [0.25, 0.3) is 0 Å². The predicted octanol–water partition coefficient (Wildman–Crippen LogP) is 3.28. The summed E-state index contributed by atoms with van der Waals surface area (Å²) in [5, 5.41) is 3.35. The Bertz CT molecular complexity index is 365. The number of nitrogens with one attached hydrogen (secondary N) is 1. The van der Waals surface area contributed by atoms with Gasteiger partial charge in [0.2, 0.25) is 0 Å². The summed E-state index contributed by atoms with van der Waals surface area (Å²) >= 11 is 0. The number of hydrogen-bond acceptors (Lipinski definition) is 3. The van der Waals surface area contributed by atoms with Crippen LogP contribution in [0.4, 0.5) is 5.69 Å². The Labute approximate surface area is 111 Å². The molecule has 1 aromatic rings. The second-order valence-electron chi connectivity index (χ2n) is 5.24. The number of nitrogens with zero attached hydrogens (tertiary/aromatic N) is 2. The fourth-order valence-corrected chi connectivity index (χ4v) is 2.66. The van der Waals surface area contributed by atoms with Crippen molar-refractivity contribution in [3.63, 3.8) is 0 Å². The maximum absolute atomic E-state index is 4.50. The minimum atomic E-state index is 0.692. The van der Waals surface area contributed by atoms with Gasteiger partial charge in [-0.2, -0.15) is 0 Å². The molecule has 1 aliphatic heterocycles. The van der Waals surface area contributed by atoms with Crippen molar-refractivity contribution >= 4 is 5.69 Å². The minimum Gasteiger partial charge on any atom is -0.385 e. The standard InChI is InChI=1S/C15H25N3/c1-3-16-14-8-9-17-15(11-14)12-18-10-6-4-5-7-13(18)2/h8-9,11,13H,3-7,10,12H2,1-2H3,(H,16,17). The molecule has 100 valence electrons. The highest BCUT2D eigenvalue weighted by atomic mass is 15.2. The monoisotopic (exact) mass is 247 g/mol. The highest BCUT2D eigenvalue weighted by Crippen LogP contribution is 2.19. The number of pyridine rings is 1. The van der Waals surface area contributed by atoms with E-state index in [1.807, 2.05) is 12.3 Å². The number of anilines is 1. The number of rotatable bonds is 4. The molecule has 2 rings (SSSR count). The Kier molecular flexibility index (Phi) is 5.00. The average Bonchev–Trinajstić information content (AvgIpc) is 2.56. The van der Waals surface area contributed by atoms with Gasteiger partial charge in [0.05, 0.1) is 5.69 Å². The van der Waals surface area contributed by atoms with E-state index in [4.69, 9.17) is 0 Å². The van der Waals surface area contributed by atoms with E-state index in [0.29, 0.717) is 6.04 Å². The summed E-state index contributed by atoms with van der Waals surface area (Å²) in [7, 11) is 0. The Morgan fingerprint density at radius 2 is 2.28 bits per heavy atom. The zero-order chi connectivity index (χ0) is 12.8. The zero-order valence-corrected chi connectivity index (χ0v) is 11.7. The fraction of sp³-hybridized carbons (Fsp3) is 0.667. The predicted molar refractivity (Wildman–Crippen MR) is 76.7 cm³/mol. The third kappa shape index (κ3) is 3.70. The third-order valence-electron chi connectivity index (χ3n) is 3.75. The van der Waals surface area contributed by atoms with E-state index in [1.165, 1.54) is 43.6 Å². The first kappa shape index (κ1) is 13.3. The van der Waals surface area contributed by atoms with E-state index >= 15 is 0 Å². The van der Waals surface area contributed by atoms with Gasteiger partial charge in [0.15, 0.2) is 0 Å². The maximum atomic E-state index is 4.50. The summed E-state index contributed by atoms with van der Waals surface area (Å²) in [5.74, 6) is 0. The lowest BCUT2D eigenvalue weighted by atomic mass is 10.1. The van der Waals surface area contributed by atoms with Crippen molar-refractivity contribution in [1.82, 2.24) is 9.88 Å². The van der Waals surface area contributed by atoms with Gasteiger partial charge in [0, 0.05) is 31.0 Å². The molecular formula is C15H25N3. The van der Waals surface area contributed by atoms with Crippen molar-refractivity contribution in [3.8, 4) is 0 Å². The Morgan fingerprint density at radius 1 is 1.39 bits per heavy atom. The van der Waals surface area contributed by atoms with Crippen LogP contribution in [0.3, 0.4) is 0 Å². The molecule has 3 nitrogen and oxygen atoms in total. The topological polar surface area (TPSA) is 28.2 Å². The van der Waals surface area contributed by atoms with E-state index in [-0.39, 0.29) is 0 Å². The van der Waals surface area contributed by atoms with E-state index < -0.39 is 0 Å². The number of hydrogen-bond donors (Lipinski definition) is 1. The molecule has 18 heavy (non-hydrogen) atoms. The average molecular weight is 247 g/mol. The molecule has 1 saturated heterocycles. The first-order valence-electron chi connectivity index (χ1n) is 7.22. The molecule has 0 aliphatic carbocycles. The summed E-state index contributed by atoms with van der Waals surface area (Å²) in [6.45, 7) is 7.63. The molecule has 0 amide bonds. The van der Waals surface area contributed by atoms with Crippen LogP contribution in [0.15, 0.2) is 18.3 Å². The van der Waals surface area contributed by atoms with Crippen molar-refractivity contribution in [2.45, 2.75) is 52.1 Å². The summed E-state index contributed by atoms with van der Waals surface area (Å²) in [4.78, 5) is 7.07. The van der Waals surface area contributed by atoms with Gasteiger partial charge < -0.3 is 5.32 Å². The van der Waals surface area contributed by atoms with Gasteiger partial charge in [-0.3, -0.25) is 9.88 Å². The molecule has 1 atom stereocenters. The van der Waals surface area contributed by atoms with Gasteiger partial charge in [-0.25, -0.2) is 0 Å². The van der Waals surface area contributed by atoms with Gasteiger partial charge in [-0.15, -0.1) is 0 Å². The normalized spacial score (nSPS) is 21.6. The van der Waals surface area contributed by atoms with E-state index in [9.17, 15) is 0 Å². The van der Waals surface area contributed by atoms with Crippen LogP contribution in [-0.2, 0) is 6.54 Å². The summed E-state index contributed by atoms with van der Waals surface area (Å²) in [5.41, 5.74) is 2.37. The van der Waals surface area contributed by atoms with Crippen LogP contribution in [0, 0.1) is 0 Å². The molecule has 1 fully saturated rings. The largest absolute Gasteiger partial charge is 0.385 e. The van der Waals surface area contributed by atoms with Crippen LogP contribution in [0.1, 0.15) is 45.2 Å². The number of aromatic nitrogens is 1. The molecule has 0 saturated carbocycles. The Morgan fingerprint density at radius 3 is 3.11 bits per heavy atom. The summed E-state index contributed by atoms with van der Waals surface area (Å²) < 4.78 is 0. The fourth-order valence-electron chi connectivity index (χ4n) is 2.66. The lowest BCUT2D eigenvalue weighted by Gasteiger charge is -2.26. The molecule has 1 unspecified atom stereocenters. The van der Waals surface area contributed by atoms with Gasteiger partial charge in [0.1, 0.15) is 0 Å². The maximum Gasteiger partial charge on any atom is 0.0564 e. The first-order chi connectivity index (χ1) is 8.79. The second kappa shape index (κ2) is 6.74. The minimum absolute atomic E-state index is 0.692. The van der Waals surface area contributed by atoms with Crippen molar-refractivity contribution in [2.24, 2.45) is 0 Å². The first-order valence-corrected chi connectivity index (χ1v) is 7.22. The number of likely N-dealkylation sites (tertiary alicyclic amines) is 1. The molecular weight excluding hydrogens is 222 g/mol.